The molecule has 0 saturated heterocycles. The summed E-state index contributed by atoms with van der Waals surface area (Å²) in [5.41, 5.74) is 0. The van der Waals surface area contributed by atoms with Gasteiger partial charge in [-0.15, -0.1) is 0 Å². The highest BCUT2D eigenvalue weighted by atomic mass is 15.1. The lowest BCUT2D eigenvalue weighted by Gasteiger charge is -2.22. The average molecular weight is 545 g/mol. The summed E-state index contributed by atoms with van der Waals surface area (Å²) in [4.78, 5) is 4.97. The highest BCUT2D eigenvalue weighted by Crippen LogP contribution is 2.30. The topological polar surface area (TPSA) is 17.8 Å². The van der Waals surface area contributed by atoms with Crippen molar-refractivity contribution >= 4 is 0 Å². The van der Waals surface area contributed by atoms with Gasteiger partial charge in [0.1, 0.15) is 5.82 Å². The molecule has 0 N–H and O–H groups in total. The molecule has 0 aliphatic carbocycles. The number of unbranched alkanes of at least 4 members (excludes halogenated alkanes) is 22. The molecule has 39 heavy (non-hydrogen) atoms. The highest BCUT2D eigenvalue weighted by molar-refractivity contribution is 5.02. The van der Waals surface area contributed by atoms with E-state index in [1.54, 1.807) is 0 Å². The molecule has 2 nitrogen and oxygen atoms in total. The maximum absolute atomic E-state index is 4.97. The van der Waals surface area contributed by atoms with E-state index in [4.69, 9.17) is 4.98 Å². The molecule has 2 heteroatoms. The van der Waals surface area contributed by atoms with E-state index in [1.807, 2.05) is 0 Å². The first-order valence-corrected chi connectivity index (χ1v) is 18.3. The van der Waals surface area contributed by atoms with Crippen molar-refractivity contribution in [3.05, 3.63) is 18.2 Å². The second-order valence-corrected chi connectivity index (χ2v) is 12.9. The Balaban J connectivity index is 2.35. The smallest absolute Gasteiger partial charge is 0.111 e. The largest absolute Gasteiger partial charge is 0.332 e. The first kappa shape index (κ1) is 36.2. The summed E-state index contributed by atoms with van der Waals surface area (Å²) < 4.78 is 2.57. The van der Waals surface area contributed by atoms with Crippen LogP contribution < -0.4 is 0 Å². The minimum absolute atomic E-state index is 0.590. The minimum Gasteiger partial charge on any atom is -0.332 e. The summed E-state index contributed by atoms with van der Waals surface area (Å²) in [5, 5.41) is 0. The van der Waals surface area contributed by atoms with Gasteiger partial charge in [-0.3, -0.25) is 0 Å². The van der Waals surface area contributed by atoms with E-state index in [0.29, 0.717) is 12.0 Å². The van der Waals surface area contributed by atoms with E-state index < -0.39 is 0 Å². The molecular formula is C37H72N2. The monoisotopic (exact) mass is 545 g/mol. The molecule has 1 aromatic heterocycles. The molecule has 0 aromatic carbocycles. The maximum Gasteiger partial charge on any atom is 0.111 e. The SMILES string of the molecule is CCCCCCCCCCCCCC(C)n1ccnc1C(CCCCCC)CCCCCCCCCCCC. The molecule has 0 aliphatic rings. The van der Waals surface area contributed by atoms with E-state index in [0.717, 1.165) is 0 Å². The van der Waals surface area contributed by atoms with E-state index in [2.05, 4.69) is 44.7 Å². The van der Waals surface area contributed by atoms with Crippen LogP contribution in [0.2, 0.25) is 0 Å². The fraction of sp³-hybridized carbons (Fsp3) is 0.919. The molecule has 0 bridgehead atoms. The van der Waals surface area contributed by atoms with Crippen LogP contribution in [-0.4, -0.2) is 9.55 Å². The summed E-state index contributed by atoms with van der Waals surface area (Å²) in [6.45, 7) is 9.38. The van der Waals surface area contributed by atoms with Crippen LogP contribution in [0.3, 0.4) is 0 Å². The van der Waals surface area contributed by atoms with Crippen molar-refractivity contribution < 1.29 is 0 Å². The molecule has 0 fully saturated rings. The van der Waals surface area contributed by atoms with Gasteiger partial charge >= 0.3 is 0 Å². The van der Waals surface area contributed by atoms with Gasteiger partial charge in [0.25, 0.3) is 0 Å². The van der Waals surface area contributed by atoms with Crippen LogP contribution in [0.4, 0.5) is 0 Å². The third kappa shape index (κ3) is 19.8. The number of rotatable bonds is 30. The van der Waals surface area contributed by atoms with Crippen LogP contribution in [0, 0.1) is 0 Å². The van der Waals surface area contributed by atoms with Crippen molar-refractivity contribution in [1.29, 1.82) is 0 Å². The van der Waals surface area contributed by atoms with Gasteiger partial charge in [0.05, 0.1) is 0 Å². The standard InChI is InChI=1S/C37H72N2/c1-5-8-11-14-16-18-20-21-23-25-27-30-35(4)39-34-33-38-37(39)36(31-28-13-10-7-3)32-29-26-24-22-19-17-15-12-9-6-2/h33-36H,5-32H2,1-4H3. The predicted molar refractivity (Wildman–Crippen MR) is 176 cm³/mol. The molecule has 230 valence electrons. The molecule has 0 saturated carbocycles. The first-order valence-electron chi connectivity index (χ1n) is 18.3. The Morgan fingerprint density at radius 2 is 0.821 bits per heavy atom. The molecule has 1 heterocycles. The van der Waals surface area contributed by atoms with Crippen LogP contribution in [0.25, 0.3) is 0 Å². The van der Waals surface area contributed by atoms with Crippen LogP contribution in [0.5, 0.6) is 0 Å². The van der Waals surface area contributed by atoms with Crippen LogP contribution in [0.1, 0.15) is 225 Å². The zero-order valence-corrected chi connectivity index (χ0v) is 27.5. The lowest BCUT2D eigenvalue weighted by Crippen LogP contribution is -2.13. The third-order valence-corrected chi connectivity index (χ3v) is 9.08. The predicted octanol–water partition coefficient (Wildman–Crippen LogP) is 13.5. The summed E-state index contributed by atoms with van der Waals surface area (Å²) in [6.07, 6.45) is 43.8. The second-order valence-electron chi connectivity index (χ2n) is 12.9. The van der Waals surface area contributed by atoms with Gasteiger partial charge in [0, 0.05) is 24.4 Å². The maximum atomic E-state index is 4.97. The van der Waals surface area contributed by atoms with Gasteiger partial charge in [0.15, 0.2) is 0 Å². The lowest BCUT2D eigenvalue weighted by molar-refractivity contribution is 0.413. The summed E-state index contributed by atoms with van der Waals surface area (Å²) in [5.74, 6) is 2.06. The molecule has 0 radical (unpaired) electrons. The molecule has 1 aromatic rings. The Kier molecular flexibility index (Phi) is 25.4. The van der Waals surface area contributed by atoms with E-state index in [9.17, 15) is 0 Å². The minimum atomic E-state index is 0.590. The first-order chi connectivity index (χ1) is 19.2. The Morgan fingerprint density at radius 1 is 0.487 bits per heavy atom. The van der Waals surface area contributed by atoms with Crippen molar-refractivity contribution in [2.24, 2.45) is 0 Å². The van der Waals surface area contributed by atoms with E-state index >= 15 is 0 Å². The van der Waals surface area contributed by atoms with Crippen LogP contribution in [0.15, 0.2) is 12.4 Å². The number of aromatic nitrogens is 2. The molecule has 2 atom stereocenters. The van der Waals surface area contributed by atoms with Crippen molar-refractivity contribution in [3.63, 3.8) is 0 Å². The number of imidazole rings is 1. The van der Waals surface area contributed by atoms with Gasteiger partial charge in [0.2, 0.25) is 0 Å². The summed E-state index contributed by atoms with van der Waals surface area (Å²) in [6, 6.07) is 0.590. The van der Waals surface area contributed by atoms with Crippen molar-refractivity contribution in [3.8, 4) is 0 Å². The van der Waals surface area contributed by atoms with Crippen LogP contribution >= 0.6 is 0 Å². The number of hydrogen-bond acceptors (Lipinski definition) is 1. The molecular weight excluding hydrogens is 472 g/mol. The summed E-state index contributed by atoms with van der Waals surface area (Å²) >= 11 is 0. The number of hydrogen-bond donors (Lipinski definition) is 0. The molecule has 0 aliphatic heterocycles. The zero-order valence-electron chi connectivity index (χ0n) is 27.5. The fourth-order valence-corrected chi connectivity index (χ4v) is 6.35. The van der Waals surface area contributed by atoms with Gasteiger partial charge < -0.3 is 4.57 Å². The van der Waals surface area contributed by atoms with Crippen molar-refractivity contribution in [1.82, 2.24) is 9.55 Å². The molecule has 2 unspecified atom stereocenters. The molecule has 0 spiro atoms. The van der Waals surface area contributed by atoms with Crippen molar-refractivity contribution in [2.75, 3.05) is 0 Å². The van der Waals surface area contributed by atoms with Gasteiger partial charge in [-0.05, 0) is 26.2 Å². The van der Waals surface area contributed by atoms with Gasteiger partial charge in [-0.25, -0.2) is 4.98 Å². The third-order valence-electron chi connectivity index (χ3n) is 9.08. The van der Waals surface area contributed by atoms with Gasteiger partial charge in [-0.2, -0.15) is 0 Å². The Labute approximate surface area is 246 Å². The quantitative estimate of drug-likeness (QED) is 0.0880. The number of nitrogens with zero attached hydrogens (tertiary/aromatic N) is 2. The Morgan fingerprint density at radius 3 is 1.23 bits per heavy atom. The highest BCUT2D eigenvalue weighted by Gasteiger charge is 2.19. The normalized spacial score (nSPS) is 13.2. The zero-order chi connectivity index (χ0) is 28.2. The van der Waals surface area contributed by atoms with Gasteiger partial charge in [-0.1, -0.05) is 181 Å². The lowest BCUT2D eigenvalue weighted by atomic mass is 9.93. The fourth-order valence-electron chi connectivity index (χ4n) is 6.35. The Bertz CT molecular complexity index is 606. The second kappa shape index (κ2) is 27.4. The van der Waals surface area contributed by atoms with E-state index in [-0.39, 0.29) is 0 Å². The molecule has 0 amide bonds. The van der Waals surface area contributed by atoms with Crippen LogP contribution in [-0.2, 0) is 0 Å². The summed E-state index contributed by atoms with van der Waals surface area (Å²) in [7, 11) is 0. The Hall–Kier alpha value is -0.790. The molecule has 1 rings (SSSR count). The average Bonchev–Trinajstić information content (AvgIpc) is 3.44. The van der Waals surface area contributed by atoms with Crippen molar-refractivity contribution in [2.45, 2.75) is 219 Å². The van der Waals surface area contributed by atoms with E-state index in [1.165, 1.54) is 186 Å².